The van der Waals surface area contributed by atoms with Crippen LogP contribution in [0.5, 0.6) is 0 Å². The Morgan fingerprint density at radius 1 is 1.42 bits per heavy atom. The van der Waals surface area contributed by atoms with Crippen LogP contribution in [0.3, 0.4) is 0 Å². The highest BCUT2D eigenvalue weighted by atomic mass is 79.9. The first kappa shape index (κ1) is 14.2. The maximum Gasteiger partial charge on any atom is 0.279 e. The summed E-state index contributed by atoms with van der Waals surface area (Å²) in [6.07, 6.45) is 0. The summed E-state index contributed by atoms with van der Waals surface area (Å²) in [7, 11) is 2.03. The van der Waals surface area contributed by atoms with E-state index in [2.05, 4.69) is 38.1 Å². The molecule has 0 aliphatic carbocycles. The minimum Gasteiger partial charge on any atom is -0.326 e. The Balaban J connectivity index is 1.84. The van der Waals surface area contributed by atoms with Gasteiger partial charge in [-0.15, -0.1) is 0 Å². The summed E-state index contributed by atoms with van der Waals surface area (Å²) in [5, 5.41) is 7.09. The molecule has 0 fully saturated rings. The Morgan fingerprint density at radius 3 is 2.95 bits per heavy atom. The molecule has 0 aliphatic rings. The molecule has 3 nitrogen and oxygen atoms in total. The van der Waals surface area contributed by atoms with E-state index in [1.807, 2.05) is 31.3 Å². The Hall–Kier alpha value is -1.17. The highest BCUT2D eigenvalue weighted by Crippen LogP contribution is 2.15. The molecule has 2 N–H and O–H groups in total. The van der Waals surface area contributed by atoms with Gasteiger partial charge < -0.3 is 10.2 Å². The Bertz CT molecular complexity index is 542. The Labute approximate surface area is 125 Å². The number of quaternary nitrogens is 1. The third-order valence-corrected chi connectivity index (χ3v) is 3.88. The van der Waals surface area contributed by atoms with Crippen molar-refractivity contribution in [2.45, 2.75) is 6.54 Å². The standard InChI is InChI=1S/C14H15BrN2OS/c1-17(8-11-5-6-19-10-11)9-14(18)16-13-4-2-3-12(15)7-13/h2-7,10H,8-9H2,1H3,(H,16,18)/p+1. The van der Waals surface area contributed by atoms with Gasteiger partial charge in [0.2, 0.25) is 0 Å². The number of hydrogen-bond donors (Lipinski definition) is 2. The number of benzene rings is 1. The first-order chi connectivity index (χ1) is 9.13. The lowest BCUT2D eigenvalue weighted by molar-refractivity contribution is -0.885. The van der Waals surface area contributed by atoms with Crippen molar-refractivity contribution in [3.8, 4) is 0 Å². The fraction of sp³-hybridized carbons (Fsp3) is 0.214. The summed E-state index contributed by atoms with van der Waals surface area (Å²) in [6, 6.07) is 9.72. The number of halogens is 1. The van der Waals surface area contributed by atoms with Gasteiger partial charge in [-0.25, -0.2) is 0 Å². The fourth-order valence-electron chi connectivity index (χ4n) is 1.85. The van der Waals surface area contributed by atoms with Crippen molar-refractivity contribution in [3.05, 3.63) is 51.1 Å². The molecule has 2 rings (SSSR count). The van der Waals surface area contributed by atoms with E-state index in [-0.39, 0.29) is 5.91 Å². The van der Waals surface area contributed by atoms with Gasteiger partial charge in [0.05, 0.1) is 7.05 Å². The lowest BCUT2D eigenvalue weighted by Gasteiger charge is -2.13. The molecule has 0 radical (unpaired) electrons. The van der Waals surface area contributed by atoms with Gasteiger partial charge in [0.1, 0.15) is 6.54 Å². The number of anilines is 1. The summed E-state index contributed by atoms with van der Waals surface area (Å²) >= 11 is 5.07. The number of amides is 1. The van der Waals surface area contributed by atoms with Gasteiger partial charge in [-0.1, -0.05) is 22.0 Å². The third kappa shape index (κ3) is 4.78. The number of hydrogen-bond acceptors (Lipinski definition) is 2. The Kier molecular flexibility index (Phi) is 5.13. The molecule has 2 aromatic rings. The largest absolute Gasteiger partial charge is 0.326 e. The number of likely N-dealkylation sites (N-methyl/N-ethyl adjacent to an activating group) is 1. The van der Waals surface area contributed by atoms with Gasteiger partial charge in [-0.05, 0) is 35.0 Å². The molecule has 0 saturated carbocycles. The quantitative estimate of drug-likeness (QED) is 0.859. The van der Waals surface area contributed by atoms with Gasteiger partial charge in [0.25, 0.3) is 5.91 Å². The molecule has 0 spiro atoms. The monoisotopic (exact) mass is 339 g/mol. The second-order valence-corrected chi connectivity index (χ2v) is 6.20. The van der Waals surface area contributed by atoms with Crippen LogP contribution in [0.1, 0.15) is 5.56 Å². The van der Waals surface area contributed by atoms with Gasteiger partial charge in [-0.3, -0.25) is 4.79 Å². The van der Waals surface area contributed by atoms with Crippen molar-refractivity contribution in [3.63, 3.8) is 0 Å². The smallest absolute Gasteiger partial charge is 0.279 e. The average Bonchev–Trinajstić information content (AvgIpc) is 2.81. The topological polar surface area (TPSA) is 33.5 Å². The van der Waals surface area contributed by atoms with E-state index in [1.54, 1.807) is 11.3 Å². The van der Waals surface area contributed by atoms with Crippen LogP contribution in [-0.4, -0.2) is 19.5 Å². The normalized spacial score (nSPS) is 12.1. The van der Waals surface area contributed by atoms with E-state index in [4.69, 9.17) is 0 Å². The summed E-state index contributed by atoms with van der Waals surface area (Å²) in [4.78, 5) is 13.1. The van der Waals surface area contributed by atoms with Gasteiger partial charge >= 0.3 is 0 Å². The van der Waals surface area contributed by atoms with Gasteiger partial charge in [0, 0.05) is 15.7 Å². The molecule has 1 aromatic carbocycles. The van der Waals surface area contributed by atoms with Crippen LogP contribution < -0.4 is 10.2 Å². The van der Waals surface area contributed by atoms with E-state index in [1.165, 1.54) is 10.5 Å². The number of carbonyl (C=O) groups excluding carboxylic acids is 1. The molecular formula is C14H16BrN2OS+. The van der Waals surface area contributed by atoms with Crippen LogP contribution in [-0.2, 0) is 11.3 Å². The van der Waals surface area contributed by atoms with Crippen LogP contribution in [0.15, 0.2) is 45.6 Å². The maximum absolute atomic E-state index is 11.9. The third-order valence-electron chi connectivity index (χ3n) is 2.66. The van der Waals surface area contributed by atoms with Crippen molar-refractivity contribution in [2.24, 2.45) is 0 Å². The van der Waals surface area contributed by atoms with Gasteiger partial charge in [0.15, 0.2) is 6.54 Å². The van der Waals surface area contributed by atoms with Crippen LogP contribution in [0.4, 0.5) is 5.69 Å². The zero-order valence-corrected chi connectivity index (χ0v) is 13.1. The molecule has 1 atom stereocenters. The molecule has 0 bridgehead atoms. The number of rotatable bonds is 5. The number of carbonyl (C=O) groups is 1. The maximum atomic E-state index is 11.9. The minimum atomic E-state index is 0.0332. The predicted octanol–water partition coefficient (Wildman–Crippen LogP) is 2.16. The lowest BCUT2D eigenvalue weighted by atomic mass is 10.3. The summed E-state index contributed by atoms with van der Waals surface area (Å²) < 4.78 is 0.962. The van der Waals surface area contributed by atoms with E-state index >= 15 is 0 Å². The molecule has 0 aliphatic heterocycles. The zero-order valence-electron chi connectivity index (χ0n) is 10.7. The fourth-order valence-corrected chi connectivity index (χ4v) is 2.92. The highest BCUT2D eigenvalue weighted by Gasteiger charge is 2.11. The van der Waals surface area contributed by atoms with Crippen LogP contribution in [0, 0.1) is 0 Å². The van der Waals surface area contributed by atoms with E-state index in [0.717, 1.165) is 16.7 Å². The predicted molar refractivity (Wildman–Crippen MR) is 82.5 cm³/mol. The molecule has 100 valence electrons. The van der Waals surface area contributed by atoms with Crippen LogP contribution >= 0.6 is 27.3 Å². The molecule has 1 aromatic heterocycles. The van der Waals surface area contributed by atoms with E-state index in [9.17, 15) is 4.79 Å². The Morgan fingerprint density at radius 2 is 2.26 bits per heavy atom. The highest BCUT2D eigenvalue weighted by molar-refractivity contribution is 9.10. The van der Waals surface area contributed by atoms with E-state index < -0.39 is 0 Å². The minimum absolute atomic E-state index is 0.0332. The van der Waals surface area contributed by atoms with E-state index in [0.29, 0.717) is 6.54 Å². The number of thiophene rings is 1. The summed E-state index contributed by atoms with van der Waals surface area (Å²) in [6.45, 7) is 1.33. The first-order valence-corrected chi connectivity index (χ1v) is 7.75. The number of nitrogens with one attached hydrogen (secondary N) is 2. The van der Waals surface area contributed by atoms with Crippen LogP contribution in [0.2, 0.25) is 0 Å². The first-order valence-electron chi connectivity index (χ1n) is 6.01. The van der Waals surface area contributed by atoms with Crippen molar-refractivity contribution in [2.75, 3.05) is 18.9 Å². The summed E-state index contributed by atoms with van der Waals surface area (Å²) in [5.41, 5.74) is 2.10. The molecular weight excluding hydrogens is 324 g/mol. The molecule has 1 amide bonds. The molecule has 0 saturated heterocycles. The summed E-state index contributed by atoms with van der Waals surface area (Å²) in [5.74, 6) is 0.0332. The molecule has 19 heavy (non-hydrogen) atoms. The zero-order chi connectivity index (χ0) is 13.7. The van der Waals surface area contributed by atoms with Crippen molar-refractivity contribution in [1.29, 1.82) is 0 Å². The molecule has 1 heterocycles. The van der Waals surface area contributed by atoms with Crippen molar-refractivity contribution >= 4 is 38.9 Å². The molecule has 1 unspecified atom stereocenters. The average molecular weight is 340 g/mol. The van der Waals surface area contributed by atoms with Crippen molar-refractivity contribution < 1.29 is 9.69 Å². The van der Waals surface area contributed by atoms with Gasteiger partial charge in [-0.2, -0.15) is 11.3 Å². The van der Waals surface area contributed by atoms with Crippen LogP contribution in [0.25, 0.3) is 0 Å². The second kappa shape index (κ2) is 6.84. The molecule has 5 heteroatoms. The van der Waals surface area contributed by atoms with Crippen molar-refractivity contribution in [1.82, 2.24) is 0 Å². The SMILES string of the molecule is C[NH+](CC(=O)Nc1cccc(Br)c1)Cc1ccsc1. The second-order valence-electron chi connectivity index (χ2n) is 4.50. The lowest BCUT2D eigenvalue weighted by Crippen LogP contribution is -3.08.